The predicted octanol–water partition coefficient (Wildman–Crippen LogP) is 4.68. The van der Waals surface area contributed by atoms with Crippen LogP contribution in [0.3, 0.4) is 0 Å². The monoisotopic (exact) mass is 457 g/mol. The molecule has 3 saturated heterocycles. The Morgan fingerprint density at radius 3 is 2.44 bits per heavy atom. The molecule has 0 unspecified atom stereocenters. The van der Waals surface area contributed by atoms with Gasteiger partial charge in [0.25, 0.3) is 0 Å². The zero-order valence-electron chi connectivity index (χ0n) is 18.8. The van der Waals surface area contributed by atoms with Crippen LogP contribution in [0.1, 0.15) is 28.8 Å². The number of anilines is 1. The van der Waals surface area contributed by atoms with Crippen molar-refractivity contribution in [2.45, 2.75) is 25.5 Å². The van der Waals surface area contributed by atoms with E-state index in [4.69, 9.17) is 4.74 Å². The number of carboxylic acids is 1. The van der Waals surface area contributed by atoms with E-state index in [1.54, 1.807) is 41.6 Å². The molecule has 0 radical (unpaired) electrons. The minimum Gasteiger partial charge on any atom is -0.478 e. The molecule has 7 nitrogen and oxygen atoms in total. The Hall–Kier alpha value is -3.71. The maximum Gasteiger partial charge on any atom is 0.414 e. The number of hydrogen-bond acceptors (Lipinski definition) is 5. The van der Waals surface area contributed by atoms with E-state index in [0.717, 1.165) is 54.9 Å². The largest absolute Gasteiger partial charge is 0.478 e. The Kier molecular flexibility index (Phi) is 6.27. The quantitative estimate of drug-likeness (QED) is 0.579. The molecule has 3 aromatic rings. The number of carboxylic acid groups (broad SMARTS) is 1. The molecule has 4 heterocycles. The van der Waals surface area contributed by atoms with E-state index in [-0.39, 0.29) is 18.2 Å². The normalized spacial score (nSPS) is 21.1. The highest BCUT2D eigenvalue weighted by atomic mass is 16.6. The molecule has 3 aliphatic rings. The molecule has 2 bridgehead atoms. The summed E-state index contributed by atoms with van der Waals surface area (Å²) < 4.78 is 6.10. The second-order valence-corrected chi connectivity index (χ2v) is 8.91. The molecular weight excluding hydrogens is 430 g/mol. The van der Waals surface area contributed by atoms with Crippen LogP contribution in [0.5, 0.6) is 0 Å². The third kappa shape index (κ3) is 4.65. The number of amides is 1. The fourth-order valence-corrected chi connectivity index (χ4v) is 4.90. The second kappa shape index (κ2) is 9.65. The van der Waals surface area contributed by atoms with Crippen molar-refractivity contribution in [1.82, 2.24) is 9.88 Å². The van der Waals surface area contributed by atoms with Crippen LogP contribution in [-0.4, -0.2) is 52.8 Å². The smallest absolute Gasteiger partial charge is 0.414 e. The lowest BCUT2D eigenvalue weighted by Gasteiger charge is -2.44. The number of para-hydroxylation sites is 1. The summed E-state index contributed by atoms with van der Waals surface area (Å²) in [6.07, 6.45) is 5.10. The van der Waals surface area contributed by atoms with E-state index in [0.29, 0.717) is 5.92 Å². The lowest BCUT2D eigenvalue weighted by Crippen LogP contribution is -2.53. The summed E-state index contributed by atoms with van der Waals surface area (Å²) in [6.45, 7) is 3.18. The van der Waals surface area contributed by atoms with Gasteiger partial charge in [0.05, 0.1) is 17.8 Å². The summed E-state index contributed by atoms with van der Waals surface area (Å²) in [4.78, 5) is 33.1. The van der Waals surface area contributed by atoms with E-state index < -0.39 is 12.1 Å². The molecule has 3 aliphatic heterocycles. The molecule has 0 saturated carbocycles. The fourth-order valence-electron chi connectivity index (χ4n) is 4.90. The van der Waals surface area contributed by atoms with E-state index in [1.807, 2.05) is 36.4 Å². The summed E-state index contributed by atoms with van der Waals surface area (Å²) in [5.41, 5.74) is 3.53. The van der Waals surface area contributed by atoms with Crippen molar-refractivity contribution in [3.8, 4) is 11.1 Å². The Morgan fingerprint density at radius 2 is 1.79 bits per heavy atom. The van der Waals surface area contributed by atoms with Crippen molar-refractivity contribution in [1.29, 1.82) is 0 Å². The maximum atomic E-state index is 13.6. The number of aromatic carboxylic acids is 1. The maximum absolute atomic E-state index is 13.6. The van der Waals surface area contributed by atoms with Crippen LogP contribution in [0.4, 0.5) is 10.5 Å². The van der Waals surface area contributed by atoms with Gasteiger partial charge in [-0.15, -0.1) is 0 Å². The molecule has 174 valence electrons. The second-order valence-electron chi connectivity index (χ2n) is 8.91. The molecule has 1 N–H and O–H groups in total. The fraction of sp³-hybridized carbons (Fsp3) is 0.296. The molecule has 3 fully saturated rings. The summed E-state index contributed by atoms with van der Waals surface area (Å²) in [5.74, 6) is -0.577. The van der Waals surface area contributed by atoms with E-state index >= 15 is 0 Å². The minimum absolute atomic E-state index is 0.113. The van der Waals surface area contributed by atoms with Gasteiger partial charge >= 0.3 is 12.1 Å². The first-order valence-electron chi connectivity index (χ1n) is 11.6. The average molecular weight is 458 g/mol. The Morgan fingerprint density at radius 1 is 1.03 bits per heavy atom. The summed E-state index contributed by atoms with van der Waals surface area (Å²) in [6, 6.07) is 18.1. The first-order chi connectivity index (χ1) is 16.6. The summed E-state index contributed by atoms with van der Waals surface area (Å²) in [5, 5.41) is 9.23. The number of benzene rings is 2. The van der Waals surface area contributed by atoms with Gasteiger partial charge < -0.3 is 9.84 Å². The molecule has 7 heteroatoms. The zero-order valence-corrected chi connectivity index (χ0v) is 18.8. The van der Waals surface area contributed by atoms with Crippen LogP contribution in [0, 0.1) is 5.92 Å². The summed E-state index contributed by atoms with van der Waals surface area (Å²) in [7, 11) is 0. The lowest BCUT2D eigenvalue weighted by atomic mass is 9.86. The van der Waals surface area contributed by atoms with Gasteiger partial charge in [-0.05, 0) is 61.7 Å². The molecule has 2 aromatic carbocycles. The van der Waals surface area contributed by atoms with Gasteiger partial charge in [-0.25, -0.2) is 9.59 Å². The molecular formula is C27H27N3O4. The molecule has 1 aromatic heterocycles. The van der Waals surface area contributed by atoms with Crippen molar-refractivity contribution in [3.05, 3.63) is 84.2 Å². The predicted molar refractivity (Wildman–Crippen MR) is 129 cm³/mol. The standard InChI is InChI=1S/C27H27N3O4/c31-26(32)21-9-7-19(8-10-21)17-30(27(33)34-25-18-29-14-11-20(25)12-15-29)24-6-2-1-5-23(24)22-4-3-13-28-16-22/h1-10,13,16,20,25H,11-12,14-15,17-18H2,(H,31,32)/t25-/m0/s1. The molecule has 34 heavy (non-hydrogen) atoms. The van der Waals surface area contributed by atoms with Gasteiger partial charge in [0, 0.05) is 30.1 Å². The number of rotatable bonds is 6. The number of carbonyl (C=O) groups excluding carboxylic acids is 1. The number of piperidine rings is 3. The SMILES string of the molecule is O=C(O)c1ccc(CN(C(=O)O[C@H]2CN3CCC2CC3)c2ccccc2-c2cccnc2)cc1. The third-order valence-corrected chi connectivity index (χ3v) is 6.78. The highest BCUT2D eigenvalue weighted by Crippen LogP contribution is 2.34. The van der Waals surface area contributed by atoms with Crippen LogP contribution >= 0.6 is 0 Å². The molecule has 0 spiro atoms. The average Bonchev–Trinajstić information content (AvgIpc) is 2.89. The van der Waals surface area contributed by atoms with Crippen molar-refractivity contribution in [2.75, 3.05) is 24.5 Å². The Labute approximate surface area is 198 Å². The molecule has 1 amide bonds. The van der Waals surface area contributed by atoms with Gasteiger partial charge in [0.15, 0.2) is 0 Å². The van der Waals surface area contributed by atoms with E-state index in [9.17, 15) is 14.7 Å². The number of carbonyl (C=O) groups is 2. The third-order valence-electron chi connectivity index (χ3n) is 6.78. The van der Waals surface area contributed by atoms with Gasteiger partial charge in [0.2, 0.25) is 0 Å². The van der Waals surface area contributed by atoms with Crippen molar-refractivity contribution < 1.29 is 19.4 Å². The van der Waals surface area contributed by atoms with Crippen LogP contribution in [-0.2, 0) is 11.3 Å². The first-order valence-corrected chi connectivity index (χ1v) is 11.6. The Balaban J connectivity index is 1.47. The van der Waals surface area contributed by atoms with Gasteiger partial charge in [-0.3, -0.25) is 14.8 Å². The first kappa shape index (κ1) is 22.1. The van der Waals surface area contributed by atoms with Gasteiger partial charge in [0.1, 0.15) is 6.10 Å². The van der Waals surface area contributed by atoms with Crippen LogP contribution in [0.25, 0.3) is 11.1 Å². The molecule has 0 aliphatic carbocycles. The summed E-state index contributed by atoms with van der Waals surface area (Å²) >= 11 is 0. The van der Waals surface area contributed by atoms with Crippen molar-refractivity contribution in [2.24, 2.45) is 5.92 Å². The number of aromatic nitrogens is 1. The van der Waals surface area contributed by atoms with E-state index in [1.165, 1.54) is 0 Å². The van der Waals surface area contributed by atoms with Crippen molar-refractivity contribution in [3.63, 3.8) is 0 Å². The van der Waals surface area contributed by atoms with Crippen LogP contribution in [0.2, 0.25) is 0 Å². The molecule has 1 atom stereocenters. The minimum atomic E-state index is -0.980. The highest BCUT2D eigenvalue weighted by Gasteiger charge is 2.37. The zero-order chi connectivity index (χ0) is 23.5. The number of ether oxygens (including phenoxy) is 1. The van der Waals surface area contributed by atoms with Crippen LogP contribution < -0.4 is 4.90 Å². The lowest BCUT2D eigenvalue weighted by molar-refractivity contribution is -0.0311. The van der Waals surface area contributed by atoms with Crippen molar-refractivity contribution >= 4 is 17.7 Å². The Bertz CT molecular complexity index is 1160. The number of pyridine rings is 1. The number of nitrogens with zero attached hydrogens (tertiary/aromatic N) is 3. The van der Waals surface area contributed by atoms with E-state index in [2.05, 4.69) is 9.88 Å². The molecule has 6 rings (SSSR count). The van der Waals surface area contributed by atoms with Gasteiger partial charge in [-0.2, -0.15) is 0 Å². The van der Waals surface area contributed by atoms with Crippen LogP contribution in [0.15, 0.2) is 73.1 Å². The number of hydrogen-bond donors (Lipinski definition) is 1. The number of fused-ring (bicyclic) bond motifs is 3. The highest BCUT2D eigenvalue weighted by molar-refractivity contribution is 5.94. The topological polar surface area (TPSA) is 83.0 Å². The van der Waals surface area contributed by atoms with Gasteiger partial charge in [-0.1, -0.05) is 36.4 Å².